The van der Waals surface area contributed by atoms with Gasteiger partial charge in [-0.1, -0.05) is 13.8 Å². The van der Waals surface area contributed by atoms with Crippen LogP contribution in [0.2, 0.25) is 0 Å². The van der Waals surface area contributed by atoms with E-state index in [0.717, 1.165) is 0 Å². The van der Waals surface area contributed by atoms with Crippen molar-refractivity contribution in [1.29, 1.82) is 0 Å². The van der Waals surface area contributed by atoms with Crippen LogP contribution >= 0.6 is 0 Å². The van der Waals surface area contributed by atoms with E-state index >= 15 is 0 Å². The molecule has 0 aliphatic heterocycles. The van der Waals surface area contributed by atoms with E-state index in [1.807, 2.05) is 34.6 Å². The molecule has 0 atom stereocenters. The van der Waals surface area contributed by atoms with Crippen LogP contribution in [-0.4, -0.2) is 18.7 Å². The number of nitrogens with one attached hydrogen (secondary N) is 1. The first-order valence-corrected chi connectivity index (χ1v) is 3.82. The fraction of sp³-hybridized carbons (Fsp3) is 0.875. The number of hydrogen-bond acceptors (Lipinski definition) is 2. The first-order chi connectivity index (χ1) is 4.95. The van der Waals surface area contributed by atoms with Crippen molar-refractivity contribution >= 4 is 6.09 Å². The van der Waals surface area contributed by atoms with Gasteiger partial charge in [-0.2, -0.15) is 0 Å². The zero-order valence-corrected chi connectivity index (χ0v) is 8.32. The van der Waals surface area contributed by atoms with E-state index in [4.69, 9.17) is 0 Å². The maximum absolute atomic E-state index is 10.5. The molecule has 0 aromatic heterocycles. The number of methoxy groups -OCH3 is 1. The third-order valence-corrected chi connectivity index (χ3v) is 0.662. The average molecular weight is 161 g/mol. The fourth-order valence-corrected chi connectivity index (χ4v) is 0.357. The number of hydrogen-bond donors (Lipinski definition) is 1. The summed E-state index contributed by atoms with van der Waals surface area (Å²) in [4.78, 5) is 10.5. The van der Waals surface area contributed by atoms with Crippen LogP contribution in [0.15, 0.2) is 0 Å². The number of rotatable bonds is 0. The summed E-state index contributed by atoms with van der Waals surface area (Å²) in [5, 5.41) is 2.61. The predicted molar refractivity (Wildman–Crippen MR) is 46.6 cm³/mol. The minimum absolute atomic E-state index is 0.201. The molecular formula is C8H19NO2. The molecule has 0 saturated carbocycles. The average Bonchev–Trinajstić information content (AvgIpc) is 1.89. The second-order valence-electron chi connectivity index (χ2n) is 2.87. The second-order valence-corrected chi connectivity index (χ2v) is 2.87. The quantitative estimate of drug-likeness (QED) is 0.591. The van der Waals surface area contributed by atoms with Gasteiger partial charge in [0, 0.05) is 5.54 Å². The number of carbonyl (C=O) groups is 1. The molecule has 0 unspecified atom stereocenters. The highest BCUT2D eigenvalue weighted by Crippen LogP contribution is 1.97. The van der Waals surface area contributed by atoms with Crippen LogP contribution in [0.4, 0.5) is 4.79 Å². The Hall–Kier alpha value is -0.730. The van der Waals surface area contributed by atoms with Crippen molar-refractivity contribution in [3.63, 3.8) is 0 Å². The molecule has 0 bridgehead atoms. The van der Waals surface area contributed by atoms with Gasteiger partial charge in [0.25, 0.3) is 0 Å². The molecule has 0 rings (SSSR count). The highest BCUT2D eigenvalue weighted by molar-refractivity contribution is 5.67. The summed E-state index contributed by atoms with van der Waals surface area (Å²) in [7, 11) is 1.35. The molecule has 0 saturated heterocycles. The molecule has 3 nitrogen and oxygen atoms in total. The Balaban J connectivity index is 0. The van der Waals surface area contributed by atoms with E-state index in [-0.39, 0.29) is 11.6 Å². The molecule has 0 heterocycles. The molecule has 1 N–H and O–H groups in total. The predicted octanol–water partition coefficient (Wildman–Crippen LogP) is 2.17. The van der Waals surface area contributed by atoms with E-state index in [2.05, 4.69) is 10.1 Å². The summed E-state index contributed by atoms with van der Waals surface area (Å²) in [6, 6.07) is 0. The maximum atomic E-state index is 10.5. The molecule has 0 aliphatic rings. The summed E-state index contributed by atoms with van der Waals surface area (Å²) in [6.07, 6.45) is -0.387. The van der Waals surface area contributed by atoms with E-state index < -0.39 is 0 Å². The molecule has 0 aromatic rings. The van der Waals surface area contributed by atoms with Crippen molar-refractivity contribution in [3.8, 4) is 0 Å². The van der Waals surface area contributed by atoms with E-state index in [1.54, 1.807) is 0 Å². The molecule has 68 valence electrons. The Morgan fingerprint density at radius 2 is 1.64 bits per heavy atom. The molecule has 0 radical (unpaired) electrons. The monoisotopic (exact) mass is 161 g/mol. The molecule has 0 aromatic carbocycles. The zero-order valence-electron chi connectivity index (χ0n) is 8.32. The lowest BCUT2D eigenvalue weighted by atomic mass is 10.1. The van der Waals surface area contributed by atoms with Crippen LogP contribution in [-0.2, 0) is 4.74 Å². The topological polar surface area (TPSA) is 38.3 Å². The summed E-state index contributed by atoms with van der Waals surface area (Å²) < 4.78 is 4.38. The number of alkyl carbamates (subject to hydrolysis) is 1. The summed E-state index contributed by atoms with van der Waals surface area (Å²) in [5.74, 6) is 0. The van der Waals surface area contributed by atoms with Crippen LogP contribution < -0.4 is 5.32 Å². The van der Waals surface area contributed by atoms with Gasteiger partial charge in [-0.05, 0) is 20.8 Å². The van der Waals surface area contributed by atoms with Crippen molar-refractivity contribution in [3.05, 3.63) is 0 Å². The first-order valence-electron chi connectivity index (χ1n) is 3.82. The lowest BCUT2D eigenvalue weighted by Gasteiger charge is -2.18. The minimum Gasteiger partial charge on any atom is -0.453 e. The van der Waals surface area contributed by atoms with Gasteiger partial charge >= 0.3 is 6.09 Å². The molecule has 1 amide bonds. The molecule has 0 fully saturated rings. The van der Waals surface area contributed by atoms with Gasteiger partial charge < -0.3 is 10.1 Å². The number of ether oxygens (including phenoxy) is 1. The van der Waals surface area contributed by atoms with Gasteiger partial charge in [0.05, 0.1) is 7.11 Å². The van der Waals surface area contributed by atoms with Crippen molar-refractivity contribution in [1.82, 2.24) is 5.32 Å². The Kier molecular flexibility index (Phi) is 7.05. The molecule has 11 heavy (non-hydrogen) atoms. The van der Waals surface area contributed by atoms with Crippen LogP contribution in [0.1, 0.15) is 34.6 Å². The maximum Gasteiger partial charge on any atom is 0.407 e. The van der Waals surface area contributed by atoms with Crippen LogP contribution in [0, 0.1) is 0 Å². The van der Waals surface area contributed by atoms with Crippen molar-refractivity contribution in [2.45, 2.75) is 40.2 Å². The third kappa shape index (κ3) is 12.5. The minimum atomic E-state index is -0.387. The molecule has 3 heteroatoms. The van der Waals surface area contributed by atoms with Gasteiger partial charge in [-0.25, -0.2) is 4.79 Å². The van der Waals surface area contributed by atoms with Gasteiger partial charge in [0.1, 0.15) is 0 Å². The van der Waals surface area contributed by atoms with Gasteiger partial charge in [0.15, 0.2) is 0 Å². The van der Waals surface area contributed by atoms with Crippen molar-refractivity contribution in [2.75, 3.05) is 7.11 Å². The lowest BCUT2D eigenvalue weighted by molar-refractivity contribution is 0.161. The van der Waals surface area contributed by atoms with Crippen LogP contribution in [0.3, 0.4) is 0 Å². The highest BCUT2D eigenvalue weighted by atomic mass is 16.5. The largest absolute Gasteiger partial charge is 0.453 e. The first kappa shape index (κ1) is 12.9. The van der Waals surface area contributed by atoms with Gasteiger partial charge in [0.2, 0.25) is 0 Å². The van der Waals surface area contributed by atoms with Crippen molar-refractivity contribution in [2.24, 2.45) is 0 Å². The molecule has 0 spiro atoms. The normalized spacial score (nSPS) is 9.27. The Labute approximate surface area is 69.1 Å². The fourth-order valence-electron chi connectivity index (χ4n) is 0.357. The van der Waals surface area contributed by atoms with Gasteiger partial charge in [-0.3, -0.25) is 0 Å². The Morgan fingerprint density at radius 3 is 1.73 bits per heavy atom. The summed E-state index contributed by atoms with van der Waals surface area (Å²) in [5.41, 5.74) is -0.201. The van der Waals surface area contributed by atoms with Crippen molar-refractivity contribution < 1.29 is 9.53 Å². The highest BCUT2D eigenvalue weighted by Gasteiger charge is 2.12. The Bertz CT molecular complexity index is 105. The van der Waals surface area contributed by atoms with Gasteiger partial charge in [-0.15, -0.1) is 0 Å². The van der Waals surface area contributed by atoms with E-state index in [1.165, 1.54) is 7.11 Å². The Morgan fingerprint density at radius 1 is 1.27 bits per heavy atom. The standard InChI is InChI=1S/C6H13NO2.C2H6/c1-6(2,3)7-5(8)9-4;1-2/h1-4H3,(H,7,8);1-2H3. The van der Waals surface area contributed by atoms with Crippen LogP contribution in [0.25, 0.3) is 0 Å². The summed E-state index contributed by atoms with van der Waals surface area (Å²) >= 11 is 0. The molecular weight excluding hydrogens is 142 g/mol. The SMILES string of the molecule is CC.COC(=O)NC(C)(C)C. The third-order valence-electron chi connectivity index (χ3n) is 0.662. The number of carbonyl (C=O) groups excluding carboxylic acids is 1. The van der Waals surface area contributed by atoms with Crippen LogP contribution in [0.5, 0.6) is 0 Å². The zero-order chi connectivity index (χ0) is 9.49. The number of amides is 1. The molecule has 0 aliphatic carbocycles. The van der Waals surface area contributed by atoms with E-state index in [0.29, 0.717) is 0 Å². The lowest BCUT2D eigenvalue weighted by Crippen LogP contribution is -2.40. The summed E-state index contributed by atoms with van der Waals surface area (Å²) in [6.45, 7) is 9.68. The second kappa shape index (κ2) is 6.01. The smallest absolute Gasteiger partial charge is 0.407 e. The van der Waals surface area contributed by atoms with E-state index in [9.17, 15) is 4.79 Å².